The van der Waals surface area contributed by atoms with Gasteiger partial charge < -0.3 is 4.74 Å². The molecule has 2 nitrogen and oxygen atoms in total. The summed E-state index contributed by atoms with van der Waals surface area (Å²) in [5.74, 6) is 1.16. The van der Waals surface area contributed by atoms with Crippen LogP contribution in [-0.4, -0.2) is 12.9 Å². The number of hydrogen-bond acceptors (Lipinski definition) is 2. The lowest BCUT2D eigenvalue weighted by Gasteiger charge is -2.29. The Balaban J connectivity index is 2.41. The Hall–Kier alpha value is -1.31. The molecule has 0 unspecified atom stereocenters. The topological polar surface area (TPSA) is 26.3 Å². The summed E-state index contributed by atoms with van der Waals surface area (Å²) >= 11 is 0. The molecule has 1 aromatic carbocycles. The van der Waals surface area contributed by atoms with Gasteiger partial charge in [-0.15, -0.1) is 0 Å². The summed E-state index contributed by atoms with van der Waals surface area (Å²) in [4.78, 5) is 11.8. The summed E-state index contributed by atoms with van der Waals surface area (Å²) in [7, 11) is 1.65. The number of methoxy groups -OCH3 is 1. The molecule has 0 heterocycles. The molecule has 0 saturated heterocycles. The Morgan fingerprint density at radius 1 is 1.27 bits per heavy atom. The molecule has 2 rings (SSSR count). The van der Waals surface area contributed by atoms with Crippen LogP contribution in [0.4, 0.5) is 0 Å². The van der Waals surface area contributed by atoms with Gasteiger partial charge in [0.2, 0.25) is 0 Å². The van der Waals surface area contributed by atoms with Gasteiger partial charge in [-0.3, -0.25) is 4.79 Å². The maximum atomic E-state index is 11.8. The van der Waals surface area contributed by atoms with Crippen molar-refractivity contribution in [1.82, 2.24) is 0 Å². The molecular formula is C13H16O2. The van der Waals surface area contributed by atoms with E-state index in [1.807, 2.05) is 26.0 Å². The van der Waals surface area contributed by atoms with Crippen LogP contribution in [0.15, 0.2) is 18.2 Å². The molecule has 2 heteroatoms. The van der Waals surface area contributed by atoms with Gasteiger partial charge in [-0.1, -0.05) is 19.9 Å². The van der Waals surface area contributed by atoms with E-state index in [4.69, 9.17) is 4.74 Å². The zero-order valence-electron chi connectivity index (χ0n) is 9.46. The number of hydrogen-bond donors (Lipinski definition) is 0. The maximum Gasteiger partial charge on any atom is 0.143 e. The molecule has 1 aliphatic rings. The molecule has 80 valence electrons. The first-order valence-electron chi connectivity index (χ1n) is 5.22. The van der Waals surface area contributed by atoms with Crippen molar-refractivity contribution in [2.45, 2.75) is 26.7 Å². The number of ether oxygens (including phenoxy) is 1. The average Bonchev–Trinajstić information content (AvgIpc) is 2.19. The fourth-order valence-electron chi connectivity index (χ4n) is 2.05. The Labute approximate surface area is 90.3 Å². The highest BCUT2D eigenvalue weighted by molar-refractivity contribution is 5.88. The van der Waals surface area contributed by atoms with E-state index in [0.29, 0.717) is 12.2 Å². The number of fused-ring (bicyclic) bond motifs is 1. The molecule has 0 radical (unpaired) electrons. The summed E-state index contributed by atoms with van der Waals surface area (Å²) in [5.41, 5.74) is 2.20. The molecule has 1 aliphatic carbocycles. The monoisotopic (exact) mass is 204 g/mol. The van der Waals surface area contributed by atoms with Crippen molar-refractivity contribution in [1.29, 1.82) is 0 Å². The van der Waals surface area contributed by atoms with E-state index >= 15 is 0 Å². The fraction of sp³-hybridized carbons (Fsp3) is 0.462. The van der Waals surface area contributed by atoms with Gasteiger partial charge in [0.15, 0.2) is 0 Å². The molecule has 1 aromatic rings. The van der Waals surface area contributed by atoms with Crippen molar-refractivity contribution in [2.75, 3.05) is 7.11 Å². The molecule has 0 atom stereocenters. The van der Waals surface area contributed by atoms with Crippen LogP contribution in [0.2, 0.25) is 0 Å². The second-order valence-corrected chi connectivity index (χ2v) is 4.80. The summed E-state index contributed by atoms with van der Waals surface area (Å²) in [6.07, 6.45) is 1.38. The zero-order chi connectivity index (χ0) is 11.1. The number of benzene rings is 1. The molecule has 0 amide bonds. The molecule has 0 saturated carbocycles. The predicted octanol–water partition coefficient (Wildman–Crippen LogP) is 2.39. The van der Waals surface area contributed by atoms with Crippen molar-refractivity contribution in [3.63, 3.8) is 0 Å². The normalized spacial score (nSPS) is 18.5. The quantitative estimate of drug-likeness (QED) is 0.702. The van der Waals surface area contributed by atoms with Crippen LogP contribution >= 0.6 is 0 Å². The van der Waals surface area contributed by atoms with Crippen LogP contribution in [0.25, 0.3) is 0 Å². The standard InChI is InChI=1S/C13H16O2/c1-13(2)8-9-4-5-11(15-3)6-10(9)7-12(13)14/h4-6H,7-8H2,1-3H3. The molecule has 0 N–H and O–H groups in total. The van der Waals surface area contributed by atoms with Gasteiger partial charge >= 0.3 is 0 Å². The van der Waals surface area contributed by atoms with Crippen molar-refractivity contribution in [3.8, 4) is 5.75 Å². The number of carbonyl (C=O) groups is 1. The van der Waals surface area contributed by atoms with Crippen LogP contribution in [0.3, 0.4) is 0 Å². The van der Waals surface area contributed by atoms with Crippen LogP contribution in [0.1, 0.15) is 25.0 Å². The van der Waals surface area contributed by atoms with Gasteiger partial charge in [-0.25, -0.2) is 0 Å². The first-order valence-corrected chi connectivity index (χ1v) is 5.22. The third kappa shape index (κ3) is 1.76. The lowest BCUT2D eigenvalue weighted by Crippen LogP contribution is -2.33. The Bertz CT molecular complexity index is 405. The fourth-order valence-corrected chi connectivity index (χ4v) is 2.05. The van der Waals surface area contributed by atoms with E-state index in [1.165, 1.54) is 5.56 Å². The lowest BCUT2D eigenvalue weighted by molar-refractivity contribution is -0.127. The Morgan fingerprint density at radius 2 is 2.00 bits per heavy atom. The van der Waals surface area contributed by atoms with Crippen LogP contribution in [0.5, 0.6) is 5.75 Å². The van der Waals surface area contributed by atoms with Gasteiger partial charge in [0.05, 0.1) is 7.11 Å². The predicted molar refractivity (Wildman–Crippen MR) is 59.2 cm³/mol. The summed E-state index contributed by atoms with van der Waals surface area (Å²) < 4.78 is 5.16. The van der Waals surface area contributed by atoms with E-state index in [9.17, 15) is 4.79 Å². The van der Waals surface area contributed by atoms with E-state index in [1.54, 1.807) is 7.11 Å². The highest BCUT2D eigenvalue weighted by atomic mass is 16.5. The molecule has 0 bridgehead atoms. The van der Waals surface area contributed by atoms with Crippen molar-refractivity contribution < 1.29 is 9.53 Å². The van der Waals surface area contributed by atoms with Crippen molar-refractivity contribution in [3.05, 3.63) is 29.3 Å². The highest BCUT2D eigenvalue weighted by Gasteiger charge is 2.33. The zero-order valence-corrected chi connectivity index (χ0v) is 9.46. The number of ketones is 1. The SMILES string of the molecule is COc1ccc2c(c1)CC(=O)C(C)(C)C2. The van der Waals surface area contributed by atoms with Crippen molar-refractivity contribution >= 4 is 5.78 Å². The lowest BCUT2D eigenvalue weighted by atomic mass is 9.73. The number of rotatable bonds is 1. The summed E-state index contributed by atoms with van der Waals surface area (Å²) in [6.45, 7) is 4.03. The van der Waals surface area contributed by atoms with Gasteiger partial charge in [-0.2, -0.15) is 0 Å². The highest BCUT2D eigenvalue weighted by Crippen LogP contribution is 2.33. The minimum absolute atomic E-state index is 0.207. The minimum atomic E-state index is -0.207. The molecule has 15 heavy (non-hydrogen) atoms. The smallest absolute Gasteiger partial charge is 0.143 e. The maximum absolute atomic E-state index is 11.8. The molecule has 0 fully saturated rings. The summed E-state index contributed by atoms with van der Waals surface area (Å²) in [5, 5.41) is 0. The van der Waals surface area contributed by atoms with E-state index in [0.717, 1.165) is 17.7 Å². The first kappa shape index (κ1) is 10.2. The van der Waals surface area contributed by atoms with E-state index in [-0.39, 0.29) is 5.41 Å². The second-order valence-electron chi connectivity index (χ2n) is 4.80. The van der Waals surface area contributed by atoms with Crippen molar-refractivity contribution in [2.24, 2.45) is 5.41 Å². The minimum Gasteiger partial charge on any atom is -0.497 e. The van der Waals surface area contributed by atoms with Gasteiger partial charge in [0.25, 0.3) is 0 Å². The summed E-state index contributed by atoms with van der Waals surface area (Å²) in [6, 6.07) is 6.01. The number of Topliss-reactive ketones (excluding diaryl/α,β-unsaturated/α-hetero) is 1. The van der Waals surface area contributed by atoms with Crippen LogP contribution in [-0.2, 0) is 17.6 Å². The van der Waals surface area contributed by atoms with Gasteiger partial charge in [0, 0.05) is 11.8 Å². The first-order chi connectivity index (χ1) is 7.03. The second kappa shape index (κ2) is 3.37. The van der Waals surface area contributed by atoms with Gasteiger partial charge in [-0.05, 0) is 29.7 Å². The van der Waals surface area contributed by atoms with Crippen LogP contribution in [0, 0.1) is 5.41 Å². The third-order valence-corrected chi connectivity index (χ3v) is 3.15. The van der Waals surface area contributed by atoms with E-state index in [2.05, 4.69) is 6.07 Å². The molecule has 0 aromatic heterocycles. The third-order valence-electron chi connectivity index (χ3n) is 3.15. The molecule has 0 spiro atoms. The van der Waals surface area contributed by atoms with Crippen LogP contribution < -0.4 is 4.74 Å². The largest absolute Gasteiger partial charge is 0.497 e. The Morgan fingerprint density at radius 3 is 2.67 bits per heavy atom. The average molecular weight is 204 g/mol. The number of carbonyl (C=O) groups excluding carboxylic acids is 1. The molecule has 0 aliphatic heterocycles. The Kier molecular flexibility index (Phi) is 2.29. The van der Waals surface area contributed by atoms with Gasteiger partial charge in [0.1, 0.15) is 11.5 Å². The van der Waals surface area contributed by atoms with E-state index < -0.39 is 0 Å². The molecular weight excluding hydrogens is 188 g/mol.